The van der Waals surface area contributed by atoms with Gasteiger partial charge in [0.05, 0.1) is 4.92 Å². The number of rotatable bonds is 1. The fourth-order valence-corrected chi connectivity index (χ4v) is 0.671. The molecule has 4 nitrogen and oxygen atoms in total. The van der Waals surface area contributed by atoms with E-state index in [-0.39, 0.29) is 18.1 Å². The van der Waals surface area contributed by atoms with Crippen molar-refractivity contribution in [2.24, 2.45) is 0 Å². The van der Waals surface area contributed by atoms with Gasteiger partial charge in [0.15, 0.2) is 0 Å². The molecule has 0 atom stereocenters. The Bertz CT molecular complexity index is 265. The molecule has 0 amide bonds. The lowest BCUT2D eigenvalue weighted by Crippen LogP contribution is -1.90. The highest BCUT2D eigenvalue weighted by Gasteiger charge is 2.06. The van der Waals surface area contributed by atoms with Gasteiger partial charge < -0.3 is 0 Å². The summed E-state index contributed by atoms with van der Waals surface area (Å²) < 4.78 is 0. The zero-order valence-electron chi connectivity index (χ0n) is 5.85. The molecule has 1 rings (SSSR count). The Balaban J connectivity index is 0.000001000. The first-order chi connectivity index (χ1) is 4.72. The first kappa shape index (κ1) is 9.84. The molecule has 0 aromatic carbocycles. The molecule has 60 valence electrons. The highest BCUT2D eigenvalue weighted by atomic mass is 35.5. The fraction of sp³-hybridized carbons (Fsp3) is 0.167. The summed E-state index contributed by atoms with van der Waals surface area (Å²) in [5.41, 5.74) is 0.711. The molecule has 0 unspecified atom stereocenters. The van der Waals surface area contributed by atoms with Crippen molar-refractivity contribution in [2.75, 3.05) is 0 Å². The van der Waals surface area contributed by atoms with Gasteiger partial charge in [-0.15, -0.1) is 12.4 Å². The lowest BCUT2D eigenvalue weighted by atomic mass is 10.3. The van der Waals surface area contributed by atoms with Crippen molar-refractivity contribution in [1.82, 2.24) is 4.98 Å². The molecule has 0 spiro atoms. The third kappa shape index (κ3) is 2.16. The second-order valence-electron chi connectivity index (χ2n) is 1.92. The smallest absolute Gasteiger partial charge is 0.264 e. The van der Waals surface area contributed by atoms with Crippen LogP contribution < -0.4 is 0 Å². The Morgan fingerprint density at radius 1 is 1.64 bits per heavy atom. The van der Waals surface area contributed by atoms with Gasteiger partial charge in [0.25, 0.3) is 5.69 Å². The van der Waals surface area contributed by atoms with Crippen LogP contribution in [0.15, 0.2) is 18.5 Å². The van der Waals surface area contributed by atoms with Crippen LogP contribution in [0.1, 0.15) is 5.56 Å². The lowest BCUT2D eigenvalue weighted by Gasteiger charge is -1.91. The maximum Gasteiger partial charge on any atom is 0.275 e. The number of pyridine rings is 1. The van der Waals surface area contributed by atoms with Gasteiger partial charge in [0.2, 0.25) is 0 Å². The summed E-state index contributed by atoms with van der Waals surface area (Å²) in [6.07, 6.45) is 2.88. The van der Waals surface area contributed by atoms with Crippen LogP contribution in [-0.4, -0.2) is 9.91 Å². The molecule has 0 radical (unpaired) electrons. The Labute approximate surface area is 69.8 Å². The van der Waals surface area contributed by atoms with Gasteiger partial charge in [0, 0.05) is 24.0 Å². The van der Waals surface area contributed by atoms with Gasteiger partial charge in [-0.2, -0.15) is 0 Å². The minimum Gasteiger partial charge on any atom is -0.264 e. The fourth-order valence-electron chi connectivity index (χ4n) is 0.671. The van der Waals surface area contributed by atoms with Gasteiger partial charge in [-0.1, -0.05) is 0 Å². The standard InChI is InChI=1S/C6H6N2O2.ClH/c1-5-4-7-3-2-6(5)8(9)10;/h2-4H,1H3;1H. The topological polar surface area (TPSA) is 56.0 Å². The molecule has 0 saturated heterocycles. The number of nitrogens with zero attached hydrogens (tertiary/aromatic N) is 2. The number of aryl methyl sites for hydroxylation is 1. The Morgan fingerprint density at radius 3 is 2.64 bits per heavy atom. The van der Waals surface area contributed by atoms with E-state index in [9.17, 15) is 10.1 Å². The van der Waals surface area contributed by atoms with Crippen LogP contribution in [0.4, 0.5) is 5.69 Å². The van der Waals surface area contributed by atoms with Crippen molar-refractivity contribution in [3.05, 3.63) is 34.1 Å². The van der Waals surface area contributed by atoms with E-state index in [1.165, 1.54) is 18.5 Å². The van der Waals surface area contributed by atoms with E-state index in [0.717, 1.165) is 0 Å². The van der Waals surface area contributed by atoms with Crippen LogP contribution in [0.5, 0.6) is 0 Å². The average Bonchev–Trinajstić information content (AvgIpc) is 1.88. The van der Waals surface area contributed by atoms with Crippen LogP contribution in [0.2, 0.25) is 0 Å². The van der Waals surface area contributed by atoms with Crippen LogP contribution >= 0.6 is 12.4 Å². The van der Waals surface area contributed by atoms with Crippen LogP contribution in [0, 0.1) is 17.0 Å². The van der Waals surface area contributed by atoms with Crippen molar-refractivity contribution < 1.29 is 4.92 Å². The summed E-state index contributed by atoms with van der Waals surface area (Å²) in [6, 6.07) is 1.38. The molecule has 0 aliphatic heterocycles. The number of hydrogen-bond acceptors (Lipinski definition) is 3. The van der Waals surface area contributed by atoms with Gasteiger partial charge in [0.1, 0.15) is 0 Å². The summed E-state index contributed by atoms with van der Waals surface area (Å²) in [5, 5.41) is 10.2. The van der Waals surface area contributed by atoms with Crippen LogP contribution in [0.25, 0.3) is 0 Å². The number of aromatic nitrogens is 1. The summed E-state index contributed by atoms with van der Waals surface area (Å²) in [5.74, 6) is 0. The zero-order valence-corrected chi connectivity index (χ0v) is 6.67. The summed E-state index contributed by atoms with van der Waals surface area (Å²) in [7, 11) is 0. The molecule has 1 aromatic heterocycles. The molecule has 0 bridgehead atoms. The maximum atomic E-state index is 10.2. The van der Waals surface area contributed by atoms with Gasteiger partial charge in [-0.3, -0.25) is 15.1 Å². The number of halogens is 1. The molecular formula is C6H7ClN2O2. The molecule has 1 heterocycles. The molecule has 0 fully saturated rings. The molecule has 0 aliphatic rings. The van der Waals surface area contributed by atoms with Crippen molar-refractivity contribution in [3.63, 3.8) is 0 Å². The predicted octanol–water partition coefficient (Wildman–Crippen LogP) is 1.72. The molecule has 0 aliphatic carbocycles. The second-order valence-corrected chi connectivity index (χ2v) is 1.92. The summed E-state index contributed by atoms with van der Waals surface area (Å²) >= 11 is 0. The third-order valence-corrected chi connectivity index (χ3v) is 1.19. The van der Waals surface area contributed by atoms with E-state index in [2.05, 4.69) is 4.98 Å². The molecule has 5 heteroatoms. The third-order valence-electron chi connectivity index (χ3n) is 1.19. The molecule has 0 saturated carbocycles. The van der Waals surface area contributed by atoms with Crippen molar-refractivity contribution in [3.8, 4) is 0 Å². The number of nitro groups is 1. The van der Waals surface area contributed by atoms with E-state index < -0.39 is 4.92 Å². The maximum absolute atomic E-state index is 10.2. The van der Waals surface area contributed by atoms with E-state index in [4.69, 9.17) is 0 Å². The Hall–Kier alpha value is -1.16. The lowest BCUT2D eigenvalue weighted by molar-refractivity contribution is -0.385. The molecule has 11 heavy (non-hydrogen) atoms. The predicted molar refractivity (Wildman–Crippen MR) is 42.9 cm³/mol. The first-order valence-electron chi connectivity index (χ1n) is 2.77. The van der Waals surface area contributed by atoms with E-state index in [0.29, 0.717) is 5.56 Å². The Kier molecular flexibility index (Phi) is 3.47. The van der Waals surface area contributed by atoms with Crippen molar-refractivity contribution in [1.29, 1.82) is 0 Å². The quantitative estimate of drug-likeness (QED) is 0.481. The van der Waals surface area contributed by atoms with E-state index in [1.807, 2.05) is 0 Å². The van der Waals surface area contributed by atoms with Crippen LogP contribution in [0.3, 0.4) is 0 Å². The molecule has 1 aromatic rings. The minimum atomic E-state index is -0.420. The van der Waals surface area contributed by atoms with Gasteiger partial charge >= 0.3 is 0 Å². The highest BCUT2D eigenvalue weighted by Crippen LogP contribution is 2.13. The monoisotopic (exact) mass is 174 g/mol. The van der Waals surface area contributed by atoms with Gasteiger partial charge in [-0.05, 0) is 6.92 Å². The van der Waals surface area contributed by atoms with E-state index in [1.54, 1.807) is 6.92 Å². The second kappa shape index (κ2) is 3.88. The SMILES string of the molecule is Cc1cnccc1[N+](=O)[O-].Cl. The number of hydrogen-bond donors (Lipinski definition) is 0. The average molecular weight is 175 g/mol. The highest BCUT2D eigenvalue weighted by molar-refractivity contribution is 5.85. The molecular weight excluding hydrogens is 168 g/mol. The first-order valence-corrected chi connectivity index (χ1v) is 2.77. The van der Waals surface area contributed by atoms with Crippen LogP contribution in [-0.2, 0) is 0 Å². The molecule has 0 N–H and O–H groups in total. The zero-order chi connectivity index (χ0) is 7.56. The minimum absolute atomic E-state index is 0. The normalized spacial score (nSPS) is 8.45. The van der Waals surface area contributed by atoms with E-state index >= 15 is 0 Å². The summed E-state index contributed by atoms with van der Waals surface area (Å²) in [4.78, 5) is 13.5. The van der Waals surface area contributed by atoms with Crippen molar-refractivity contribution >= 4 is 18.1 Å². The van der Waals surface area contributed by atoms with Gasteiger partial charge in [-0.25, -0.2) is 0 Å². The van der Waals surface area contributed by atoms with Crippen molar-refractivity contribution in [2.45, 2.75) is 6.92 Å². The largest absolute Gasteiger partial charge is 0.275 e. The summed E-state index contributed by atoms with van der Waals surface area (Å²) in [6.45, 7) is 1.66. The Morgan fingerprint density at radius 2 is 2.27 bits per heavy atom.